The molecule has 1 aromatic carbocycles. The molecule has 0 spiro atoms. The summed E-state index contributed by atoms with van der Waals surface area (Å²) in [6.07, 6.45) is 1.32. The Morgan fingerprint density at radius 2 is 1.96 bits per heavy atom. The van der Waals surface area contributed by atoms with Gasteiger partial charge < -0.3 is 14.8 Å². The van der Waals surface area contributed by atoms with Crippen LogP contribution in [-0.2, 0) is 24.2 Å². The van der Waals surface area contributed by atoms with Crippen molar-refractivity contribution in [3.05, 3.63) is 39.3 Å². The van der Waals surface area contributed by atoms with Crippen molar-refractivity contribution < 1.29 is 14.3 Å². The van der Waals surface area contributed by atoms with Crippen molar-refractivity contribution in [1.82, 2.24) is 15.2 Å². The van der Waals surface area contributed by atoms with Gasteiger partial charge in [-0.1, -0.05) is 13.8 Å². The lowest BCUT2D eigenvalue weighted by Gasteiger charge is -2.29. The molecule has 0 bridgehead atoms. The van der Waals surface area contributed by atoms with E-state index in [9.17, 15) is 4.79 Å². The zero-order valence-corrected chi connectivity index (χ0v) is 17.9. The van der Waals surface area contributed by atoms with E-state index in [0.29, 0.717) is 18.9 Å². The van der Waals surface area contributed by atoms with Crippen molar-refractivity contribution in [1.29, 1.82) is 0 Å². The number of ether oxygens (including phenoxy) is 2. The molecule has 1 aromatic heterocycles. The minimum absolute atomic E-state index is 0.0319. The average Bonchev–Trinajstić information content (AvgIpc) is 3.15. The van der Waals surface area contributed by atoms with Crippen LogP contribution in [0, 0.1) is 0 Å². The SMILES string of the molecule is COc1cc2c(cc1OC)CN(CCNC(=O)Cc1csc(C(C)C)n1)CC2. The molecule has 6 nitrogen and oxygen atoms in total. The highest BCUT2D eigenvalue weighted by molar-refractivity contribution is 7.09. The summed E-state index contributed by atoms with van der Waals surface area (Å²) >= 11 is 1.63. The Morgan fingerprint density at radius 3 is 2.61 bits per heavy atom. The highest BCUT2D eigenvalue weighted by Gasteiger charge is 2.19. The Morgan fingerprint density at radius 1 is 1.25 bits per heavy atom. The molecule has 0 unspecified atom stereocenters. The van der Waals surface area contributed by atoms with E-state index in [2.05, 4.69) is 41.2 Å². The summed E-state index contributed by atoms with van der Waals surface area (Å²) in [6.45, 7) is 7.53. The maximum Gasteiger partial charge on any atom is 0.226 e. The number of thiazole rings is 1. The van der Waals surface area contributed by atoms with Gasteiger partial charge in [-0.15, -0.1) is 11.3 Å². The fourth-order valence-corrected chi connectivity index (χ4v) is 4.22. The van der Waals surface area contributed by atoms with Gasteiger partial charge in [-0.2, -0.15) is 0 Å². The van der Waals surface area contributed by atoms with Crippen LogP contribution >= 0.6 is 11.3 Å². The van der Waals surface area contributed by atoms with E-state index in [4.69, 9.17) is 9.47 Å². The van der Waals surface area contributed by atoms with E-state index < -0.39 is 0 Å². The van der Waals surface area contributed by atoms with Gasteiger partial charge >= 0.3 is 0 Å². The molecular formula is C21H29N3O3S. The number of nitrogens with zero attached hydrogens (tertiary/aromatic N) is 2. The lowest BCUT2D eigenvalue weighted by Crippen LogP contribution is -2.38. The number of nitrogens with one attached hydrogen (secondary N) is 1. The van der Waals surface area contributed by atoms with Crippen LogP contribution in [0.2, 0.25) is 0 Å². The van der Waals surface area contributed by atoms with E-state index in [1.54, 1.807) is 25.6 Å². The van der Waals surface area contributed by atoms with Crippen molar-refractivity contribution in [2.75, 3.05) is 33.9 Å². The second-order valence-corrected chi connectivity index (χ2v) is 8.25. The highest BCUT2D eigenvalue weighted by atomic mass is 32.1. The first-order chi connectivity index (χ1) is 13.5. The molecule has 0 aliphatic carbocycles. The van der Waals surface area contributed by atoms with Crippen LogP contribution in [0.15, 0.2) is 17.5 Å². The fraction of sp³-hybridized carbons (Fsp3) is 0.524. The Hall–Kier alpha value is -2.12. The third-order valence-corrected chi connectivity index (χ3v) is 6.15. The molecule has 0 atom stereocenters. The van der Waals surface area contributed by atoms with E-state index in [1.165, 1.54) is 11.1 Å². The monoisotopic (exact) mass is 403 g/mol. The second-order valence-electron chi connectivity index (χ2n) is 7.36. The maximum atomic E-state index is 12.2. The Balaban J connectivity index is 1.47. The normalized spacial score (nSPS) is 14.0. The first kappa shape index (κ1) is 20.6. The van der Waals surface area contributed by atoms with Crippen LogP contribution in [0.5, 0.6) is 11.5 Å². The lowest BCUT2D eigenvalue weighted by atomic mass is 9.99. The largest absolute Gasteiger partial charge is 0.493 e. The standard InChI is InChI=1S/C21H29N3O3S/c1-14(2)21-23-17(13-28-21)11-20(25)22-6-8-24-7-5-15-9-18(26-3)19(27-4)10-16(15)12-24/h9-10,13-14H,5-8,11-12H2,1-4H3,(H,22,25). The third kappa shape index (κ3) is 5.02. The van der Waals surface area contributed by atoms with Gasteiger partial charge in [0.05, 0.1) is 31.3 Å². The molecule has 2 aromatic rings. The van der Waals surface area contributed by atoms with Gasteiger partial charge in [0.25, 0.3) is 0 Å². The second kappa shape index (κ2) is 9.39. The number of aromatic nitrogens is 1. The molecule has 0 saturated carbocycles. The average molecular weight is 404 g/mol. The number of hydrogen-bond donors (Lipinski definition) is 1. The van der Waals surface area contributed by atoms with Gasteiger partial charge in [0.1, 0.15) is 0 Å². The van der Waals surface area contributed by atoms with Crippen molar-refractivity contribution in [2.24, 2.45) is 0 Å². The number of methoxy groups -OCH3 is 2. The highest BCUT2D eigenvalue weighted by Crippen LogP contribution is 2.33. The lowest BCUT2D eigenvalue weighted by molar-refractivity contribution is -0.120. The van der Waals surface area contributed by atoms with Gasteiger partial charge in [-0.25, -0.2) is 4.98 Å². The summed E-state index contributed by atoms with van der Waals surface area (Å²) in [5, 5.41) is 6.09. The van der Waals surface area contributed by atoms with Crippen LogP contribution in [0.1, 0.15) is 41.6 Å². The van der Waals surface area contributed by atoms with Crippen LogP contribution in [0.4, 0.5) is 0 Å². The molecule has 0 radical (unpaired) electrons. The van der Waals surface area contributed by atoms with E-state index in [0.717, 1.165) is 48.3 Å². The minimum atomic E-state index is 0.0319. The Bertz CT molecular complexity index is 819. The van der Waals surface area contributed by atoms with Gasteiger partial charge in [0, 0.05) is 37.5 Å². The molecule has 2 heterocycles. The molecule has 28 heavy (non-hydrogen) atoms. The van der Waals surface area contributed by atoms with Crippen LogP contribution < -0.4 is 14.8 Å². The molecule has 152 valence electrons. The number of benzene rings is 1. The van der Waals surface area contributed by atoms with Crippen molar-refractivity contribution in [3.63, 3.8) is 0 Å². The topological polar surface area (TPSA) is 63.7 Å². The first-order valence-corrected chi connectivity index (χ1v) is 10.5. The van der Waals surface area contributed by atoms with E-state index in [-0.39, 0.29) is 5.91 Å². The van der Waals surface area contributed by atoms with Crippen molar-refractivity contribution in [3.8, 4) is 11.5 Å². The number of hydrogen-bond acceptors (Lipinski definition) is 6. The number of rotatable bonds is 8. The molecule has 1 amide bonds. The van der Waals surface area contributed by atoms with Gasteiger partial charge in [-0.05, 0) is 29.7 Å². The van der Waals surface area contributed by atoms with Crippen LogP contribution in [0.3, 0.4) is 0 Å². The molecule has 7 heteroatoms. The number of carbonyl (C=O) groups excluding carboxylic acids is 1. The smallest absolute Gasteiger partial charge is 0.226 e. The van der Waals surface area contributed by atoms with E-state index in [1.807, 2.05) is 5.38 Å². The summed E-state index contributed by atoms with van der Waals surface area (Å²) in [5.74, 6) is 1.98. The maximum absolute atomic E-state index is 12.2. The summed E-state index contributed by atoms with van der Waals surface area (Å²) < 4.78 is 10.8. The molecule has 1 aliphatic rings. The summed E-state index contributed by atoms with van der Waals surface area (Å²) in [5.41, 5.74) is 3.43. The van der Waals surface area contributed by atoms with Crippen molar-refractivity contribution in [2.45, 2.75) is 39.2 Å². The van der Waals surface area contributed by atoms with Crippen molar-refractivity contribution >= 4 is 17.2 Å². The third-order valence-electron chi connectivity index (χ3n) is 4.95. The molecular weight excluding hydrogens is 374 g/mol. The molecule has 3 rings (SSSR count). The van der Waals surface area contributed by atoms with Crippen LogP contribution in [0.25, 0.3) is 0 Å². The van der Waals surface area contributed by atoms with Crippen LogP contribution in [-0.4, -0.2) is 49.6 Å². The quantitative estimate of drug-likeness (QED) is 0.734. The molecule has 1 N–H and O–H groups in total. The predicted octanol–water partition coefficient (Wildman–Crippen LogP) is 3.00. The summed E-state index contributed by atoms with van der Waals surface area (Å²) in [6, 6.07) is 4.14. The Labute approximate surface area is 170 Å². The zero-order chi connectivity index (χ0) is 20.1. The van der Waals surface area contributed by atoms with Gasteiger partial charge in [-0.3, -0.25) is 9.69 Å². The fourth-order valence-electron chi connectivity index (χ4n) is 3.38. The minimum Gasteiger partial charge on any atom is -0.493 e. The van der Waals surface area contributed by atoms with Gasteiger partial charge in [0.2, 0.25) is 5.91 Å². The molecule has 1 aliphatic heterocycles. The molecule has 0 fully saturated rings. The number of carbonyl (C=O) groups is 1. The molecule has 0 saturated heterocycles. The number of amides is 1. The van der Waals surface area contributed by atoms with Gasteiger partial charge in [0.15, 0.2) is 11.5 Å². The summed E-state index contributed by atoms with van der Waals surface area (Å²) in [4.78, 5) is 19.1. The first-order valence-electron chi connectivity index (χ1n) is 9.67. The number of fused-ring (bicyclic) bond motifs is 1. The Kier molecular flexibility index (Phi) is 6.91. The van der Waals surface area contributed by atoms with E-state index >= 15 is 0 Å². The zero-order valence-electron chi connectivity index (χ0n) is 17.1. The predicted molar refractivity (Wildman–Crippen MR) is 111 cm³/mol. The summed E-state index contributed by atoms with van der Waals surface area (Å²) in [7, 11) is 3.32.